The van der Waals surface area contributed by atoms with Gasteiger partial charge in [0.05, 0.1) is 7.11 Å². The van der Waals surface area contributed by atoms with E-state index >= 15 is 0 Å². The van der Waals surface area contributed by atoms with Crippen molar-refractivity contribution in [2.24, 2.45) is 0 Å². The minimum atomic E-state index is -0.452. The number of carbonyl (C=O) groups excluding carboxylic acids is 1. The van der Waals surface area contributed by atoms with Gasteiger partial charge in [-0.1, -0.05) is 18.2 Å². The van der Waals surface area contributed by atoms with Crippen molar-refractivity contribution >= 4 is 5.78 Å². The molecular weight excluding hydrogens is 267 g/mol. The van der Waals surface area contributed by atoms with Crippen molar-refractivity contribution in [2.75, 3.05) is 7.11 Å². The molecule has 108 valence electrons. The van der Waals surface area contributed by atoms with Crippen LogP contribution in [0.2, 0.25) is 0 Å². The number of ether oxygens (including phenoxy) is 1. The van der Waals surface area contributed by atoms with E-state index in [1.165, 1.54) is 42.9 Å². The van der Waals surface area contributed by atoms with E-state index in [0.717, 1.165) is 18.4 Å². The highest BCUT2D eigenvalue weighted by molar-refractivity contribution is 5.97. The molecular formula is C18H17FO2. The summed E-state index contributed by atoms with van der Waals surface area (Å²) in [5.74, 6) is -0.368. The minimum absolute atomic E-state index is 0.0220. The molecule has 0 saturated heterocycles. The zero-order chi connectivity index (χ0) is 14.8. The van der Waals surface area contributed by atoms with Gasteiger partial charge < -0.3 is 4.74 Å². The largest absolute Gasteiger partial charge is 0.494 e. The van der Waals surface area contributed by atoms with Crippen molar-refractivity contribution in [1.29, 1.82) is 0 Å². The summed E-state index contributed by atoms with van der Waals surface area (Å²) < 4.78 is 18.3. The Hall–Kier alpha value is -2.16. The maximum Gasteiger partial charge on any atom is 0.167 e. The molecule has 0 bridgehead atoms. The first-order valence-corrected chi connectivity index (χ1v) is 7.15. The summed E-state index contributed by atoms with van der Waals surface area (Å²) >= 11 is 0. The van der Waals surface area contributed by atoms with Crippen LogP contribution in [0.5, 0.6) is 5.75 Å². The second-order valence-corrected chi connectivity index (χ2v) is 5.41. The van der Waals surface area contributed by atoms with Crippen molar-refractivity contribution in [1.82, 2.24) is 0 Å². The van der Waals surface area contributed by atoms with E-state index in [9.17, 15) is 9.18 Å². The van der Waals surface area contributed by atoms with E-state index in [1.807, 2.05) is 6.07 Å². The Morgan fingerprint density at radius 1 is 1.14 bits per heavy atom. The van der Waals surface area contributed by atoms with Crippen LogP contribution in [0.3, 0.4) is 0 Å². The zero-order valence-corrected chi connectivity index (χ0v) is 12.0. The lowest BCUT2D eigenvalue weighted by molar-refractivity contribution is 0.0992. The molecule has 1 aliphatic rings. The second kappa shape index (κ2) is 5.68. The summed E-state index contributed by atoms with van der Waals surface area (Å²) in [6.07, 6.45) is 3.77. The van der Waals surface area contributed by atoms with Crippen molar-refractivity contribution in [3.63, 3.8) is 0 Å². The summed E-state index contributed by atoms with van der Waals surface area (Å²) in [6, 6.07) is 10.5. The van der Waals surface area contributed by atoms with Crippen molar-refractivity contribution in [3.05, 3.63) is 64.5 Å². The first-order chi connectivity index (χ1) is 10.2. The van der Waals surface area contributed by atoms with Gasteiger partial charge >= 0.3 is 0 Å². The fraction of sp³-hybridized carbons (Fsp3) is 0.278. The molecule has 21 heavy (non-hydrogen) atoms. The van der Waals surface area contributed by atoms with Gasteiger partial charge in [-0.25, -0.2) is 4.39 Å². The number of rotatable bonds is 4. The zero-order valence-electron chi connectivity index (χ0n) is 12.0. The first-order valence-electron chi connectivity index (χ1n) is 7.15. The fourth-order valence-corrected chi connectivity index (χ4v) is 2.86. The van der Waals surface area contributed by atoms with Crippen molar-refractivity contribution < 1.29 is 13.9 Å². The third kappa shape index (κ3) is 2.82. The molecule has 0 aliphatic heterocycles. The molecule has 0 radical (unpaired) electrons. The number of methoxy groups -OCH3 is 1. The number of benzene rings is 2. The molecule has 0 atom stereocenters. The minimum Gasteiger partial charge on any atom is -0.494 e. The third-order valence-electron chi connectivity index (χ3n) is 4.00. The highest BCUT2D eigenvalue weighted by Gasteiger charge is 2.14. The van der Waals surface area contributed by atoms with E-state index in [-0.39, 0.29) is 11.5 Å². The highest BCUT2D eigenvalue weighted by atomic mass is 19.1. The van der Waals surface area contributed by atoms with Gasteiger partial charge in [0.25, 0.3) is 0 Å². The Morgan fingerprint density at radius 3 is 2.76 bits per heavy atom. The van der Waals surface area contributed by atoms with Crippen LogP contribution in [-0.4, -0.2) is 12.9 Å². The Bertz CT molecular complexity index is 692. The summed E-state index contributed by atoms with van der Waals surface area (Å²) in [5, 5.41) is 0. The summed E-state index contributed by atoms with van der Waals surface area (Å²) in [4.78, 5) is 12.3. The number of hydrogen-bond acceptors (Lipinski definition) is 2. The molecule has 0 heterocycles. The van der Waals surface area contributed by atoms with Crippen LogP contribution in [0.25, 0.3) is 0 Å². The molecule has 0 aromatic heterocycles. The molecule has 0 spiro atoms. The second-order valence-electron chi connectivity index (χ2n) is 5.41. The van der Waals surface area contributed by atoms with E-state index in [4.69, 9.17) is 4.74 Å². The quantitative estimate of drug-likeness (QED) is 0.799. The van der Waals surface area contributed by atoms with Crippen LogP contribution >= 0.6 is 0 Å². The van der Waals surface area contributed by atoms with Crippen LogP contribution in [0.1, 0.15) is 33.5 Å². The number of fused-ring (bicyclic) bond motifs is 1. The Labute approximate surface area is 123 Å². The molecule has 0 N–H and O–H groups in total. The standard InChI is InChI=1S/C18H17FO2/c1-21-18-11-15(7-8-16(18)19)17(20)10-12-5-6-13-3-2-4-14(13)9-12/h5-9,11H,2-4,10H2,1H3. The van der Waals surface area contributed by atoms with Crippen LogP contribution < -0.4 is 4.74 Å². The topological polar surface area (TPSA) is 26.3 Å². The molecule has 0 saturated carbocycles. The average Bonchev–Trinajstić information content (AvgIpc) is 2.95. The van der Waals surface area contributed by atoms with Gasteiger partial charge in [0, 0.05) is 12.0 Å². The molecule has 2 aromatic carbocycles. The number of Topliss-reactive ketones (excluding diaryl/α,β-unsaturated/α-hetero) is 1. The van der Waals surface area contributed by atoms with Gasteiger partial charge in [0.1, 0.15) is 0 Å². The van der Waals surface area contributed by atoms with Gasteiger partial charge in [-0.05, 0) is 54.2 Å². The average molecular weight is 284 g/mol. The number of ketones is 1. The predicted molar refractivity (Wildman–Crippen MR) is 79.5 cm³/mol. The van der Waals surface area contributed by atoms with Gasteiger partial charge in [-0.2, -0.15) is 0 Å². The lowest BCUT2D eigenvalue weighted by atomic mass is 9.99. The normalized spacial score (nSPS) is 13.0. The lowest BCUT2D eigenvalue weighted by Crippen LogP contribution is -2.05. The summed E-state index contributed by atoms with van der Waals surface area (Å²) in [5.41, 5.74) is 4.25. The van der Waals surface area contributed by atoms with Crippen LogP contribution in [0, 0.1) is 5.82 Å². The van der Waals surface area contributed by atoms with Crippen LogP contribution in [0.15, 0.2) is 36.4 Å². The van der Waals surface area contributed by atoms with Crippen LogP contribution in [-0.2, 0) is 19.3 Å². The Morgan fingerprint density at radius 2 is 1.95 bits per heavy atom. The predicted octanol–water partition coefficient (Wildman–Crippen LogP) is 3.75. The Kier molecular flexibility index (Phi) is 3.74. The molecule has 3 heteroatoms. The van der Waals surface area contributed by atoms with E-state index in [2.05, 4.69) is 12.1 Å². The molecule has 1 aliphatic carbocycles. The molecule has 0 unspecified atom stereocenters. The summed E-state index contributed by atoms with van der Waals surface area (Å²) in [6.45, 7) is 0. The van der Waals surface area contributed by atoms with E-state index in [1.54, 1.807) is 0 Å². The molecule has 0 amide bonds. The first kappa shape index (κ1) is 13.8. The highest BCUT2D eigenvalue weighted by Crippen LogP contribution is 2.24. The van der Waals surface area contributed by atoms with Crippen molar-refractivity contribution in [3.8, 4) is 5.75 Å². The third-order valence-corrected chi connectivity index (χ3v) is 4.00. The van der Waals surface area contributed by atoms with Gasteiger partial charge in [-0.3, -0.25) is 4.79 Å². The number of carbonyl (C=O) groups is 1. The molecule has 2 aromatic rings. The van der Waals surface area contributed by atoms with Gasteiger partial charge in [0.2, 0.25) is 0 Å². The van der Waals surface area contributed by atoms with E-state index < -0.39 is 5.82 Å². The fourth-order valence-electron chi connectivity index (χ4n) is 2.86. The lowest BCUT2D eigenvalue weighted by Gasteiger charge is -2.07. The number of halogens is 1. The maximum atomic E-state index is 13.4. The Balaban J connectivity index is 1.80. The number of aryl methyl sites for hydroxylation is 2. The monoisotopic (exact) mass is 284 g/mol. The molecule has 0 fully saturated rings. The summed E-state index contributed by atoms with van der Waals surface area (Å²) in [7, 11) is 1.40. The van der Waals surface area contributed by atoms with Gasteiger partial charge in [-0.15, -0.1) is 0 Å². The van der Waals surface area contributed by atoms with Crippen LogP contribution in [0.4, 0.5) is 4.39 Å². The van der Waals surface area contributed by atoms with Crippen molar-refractivity contribution in [2.45, 2.75) is 25.7 Å². The van der Waals surface area contributed by atoms with E-state index in [0.29, 0.717) is 12.0 Å². The molecule has 2 nitrogen and oxygen atoms in total. The smallest absolute Gasteiger partial charge is 0.167 e. The van der Waals surface area contributed by atoms with Gasteiger partial charge in [0.15, 0.2) is 17.3 Å². The number of hydrogen-bond donors (Lipinski definition) is 0. The SMILES string of the molecule is COc1cc(C(=O)Cc2ccc3c(c2)CCC3)ccc1F. The molecule has 3 rings (SSSR count). The maximum absolute atomic E-state index is 13.4.